The molecule has 47 heavy (non-hydrogen) atoms. The zero-order chi connectivity index (χ0) is 33.9. The molecule has 4 aromatic carbocycles. The van der Waals surface area contributed by atoms with Crippen molar-refractivity contribution in [2.45, 2.75) is 76.7 Å². The molecular weight excluding hydrogens is 631 g/mol. The van der Waals surface area contributed by atoms with Crippen molar-refractivity contribution in [3.05, 3.63) is 113 Å². The minimum Gasteiger partial charge on any atom is -0.429 e. The standard InChI is InChI=1S/C37H33F9O/c1-2-3-4-5-21-6-8-22(9-7-21)23-10-13-28(30(38)16-23)25-18-33(41)35(34(42)19-25)37(45,46)47-26-12-15-27(32(40)20-26)24-11-14-29(36(43)44)31(39)17-24/h10-22,36H,2-9H2,1H3. The van der Waals surface area contributed by atoms with Crippen molar-refractivity contribution >= 4 is 0 Å². The van der Waals surface area contributed by atoms with Crippen molar-refractivity contribution < 1.29 is 44.3 Å². The van der Waals surface area contributed by atoms with Crippen LogP contribution in [-0.4, -0.2) is 0 Å². The Hall–Kier alpha value is -3.95. The zero-order valence-corrected chi connectivity index (χ0v) is 25.5. The molecule has 1 aliphatic carbocycles. The van der Waals surface area contributed by atoms with Gasteiger partial charge in [0.15, 0.2) is 0 Å². The first-order valence-corrected chi connectivity index (χ1v) is 15.6. The van der Waals surface area contributed by atoms with Crippen LogP contribution in [0.1, 0.15) is 87.3 Å². The maximum Gasteiger partial charge on any atom is 0.432 e. The summed E-state index contributed by atoms with van der Waals surface area (Å²) in [5, 5.41) is 0. The number of hydrogen-bond acceptors (Lipinski definition) is 1. The van der Waals surface area contributed by atoms with Crippen LogP contribution in [0.3, 0.4) is 0 Å². The van der Waals surface area contributed by atoms with Crippen LogP contribution < -0.4 is 4.74 Å². The number of ether oxygens (including phenoxy) is 1. The average molecular weight is 665 g/mol. The van der Waals surface area contributed by atoms with Gasteiger partial charge in [0.05, 0.1) is 5.56 Å². The number of unbranched alkanes of at least 4 members (excludes halogenated alkanes) is 2. The van der Waals surface area contributed by atoms with Gasteiger partial charge in [0, 0.05) is 17.2 Å². The number of hydrogen-bond donors (Lipinski definition) is 0. The predicted octanol–water partition coefficient (Wildman–Crippen LogP) is 12.6. The summed E-state index contributed by atoms with van der Waals surface area (Å²) in [5.41, 5.74) is -2.79. The topological polar surface area (TPSA) is 9.23 Å². The minimum atomic E-state index is -4.62. The molecule has 0 aliphatic heterocycles. The largest absolute Gasteiger partial charge is 0.432 e. The van der Waals surface area contributed by atoms with Gasteiger partial charge in [-0.25, -0.2) is 30.7 Å². The Labute approximate surface area is 267 Å². The number of alkyl halides is 4. The van der Waals surface area contributed by atoms with Gasteiger partial charge >= 0.3 is 6.11 Å². The molecule has 1 fully saturated rings. The Morgan fingerprint density at radius 3 is 1.89 bits per heavy atom. The molecule has 4 aromatic rings. The van der Waals surface area contributed by atoms with Gasteiger partial charge in [0.1, 0.15) is 40.4 Å². The SMILES string of the molecule is CCCCCC1CCC(c2ccc(-c3cc(F)c(C(F)(F)Oc4ccc(-c5ccc(C(F)F)c(F)c5)c(F)c4)c(F)c3)c(F)c2)CC1. The quantitative estimate of drug-likeness (QED) is 0.115. The van der Waals surface area contributed by atoms with Crippen LogP contribution in [0, 0.1) is 35.0 Å². The Morgan fingerprint density at radius 1 is 0.681 bits per heavy atom. The van der Waals surface area contributed by atoms with Gasteiger partial charge in [0.25, 0.3) is 6.43 Å². The van der Waals surface area contributed by atoms with Crippen molar-refractivity contribution in [3.8, 4) is 28.0 Å². The first-order valence-electron chi connectivity index (χ1n) is 15.6. The summed E-state index contributed by atoms with van der Waals surface area (Å²) >= 11 is 0. The Morgan fingerprint density at radius 2 is 1.30 bits per heavy atom. The third-order valence-corrected chi connectivity index (χ3v) is 8.90. The van der Waals surface area contributed by atoms with E-state index in [-0.39, 0.29) is 28.2 Å². The molecule has 1 aliphatic rings. The molecule has 1 nitrogen and oxygen atoms in total. The Kier molecular flexibility index (Phi) is 10.6. The van der Waals surface area contributed by atoms with Crippen molar-refractivity contribution in [1.29, 1.82) is 0 Å². The van der Waals surface area contributed by atoms with Gasteiger partial charge in [-0.1, -0.05) is 50.8 Å². The molecule has 0 unspecified atom stereocenters. The van der Waals surface area contributed by atoms with E-state index in [1.807, 2.05) is 0 Å². The smallest absolute Gasteiger partial charge is 0.429 e. The summed E-state index contributed by atoms with van der Waals surface area (Å²) in [6, 6.07) is 10.3. The van der Waals surface area contributed by atoms with E-state index in [4.69, 9.17) is 0 Å². The average Bonchev–Trinajstić information content (AvgIpc) is 3.00. The highest BCUT2D eigenvalue weighted by Gasteiger charge is 2.41. The second-order valence-electron chi connectivity index (χ2n) is 12.1. The van der Waals surface area contributed by atoms with Crippen molar-refractivity contribution in [2.24, 2.45) is 5.92 Å². The molecule has 0 bridgehead atoms. The summed E-state index contributed by atoms with van der Waals surface area (Å²) in [5.74, 6) is -6.61. The summed E-state index contributed by atoms with van der Waals surface area (Å²) in [4.78, 5) is 0. The molecule has 5 rings (SSSR count). The van der Waals surface area contributed by atoms with Crippen LogP contribution in [0.4, 0.5) is 39.5 Å². The van der Waals surface area contributed by atoms with Gasteiger partial charge in [0.2, 0.25) is 0 Å². The molecule has 10 heteroatoms. The van der Waals surface area contributed by atoms with E-state index in [2.05, 4.69) is 11.7 Å². The molecule has 0 saturated heterocycles. The molecule has 0 amide bonds. The molecular formula is C37H33F9O. The van der Waals surface area contributed by atoms with Gasteiger partial charge in [-0.05, 0) is 96.7 Å². The lowest BCUT2D eigenvalue weighted by Gasteiger charge is -2.29. The maximum atomic E-state index is 15.2. The summed E-state index contributed by atoms with van der Waals surface area (Å²) in [6.07, 6.45) is 1.01. The lowest BCUT2D eigenvalue weighted by Crippen LogP contribution is -2.25. The van der Waals surface area contributed by atoms with Gasteiger partial charge in [-0.15, -0.1) is 0 Å². The van der Waals surface area contributed by atoms with Crippen LogP contribution in [0.15, 0.2) is 66.7 Å². The Bertz CT molecular complexity index is 1690. The Balaban J connectivity index is 1.30. The van der Waals surface area contributed by atoms with Crippen LogP contribution >= 0.6 is 0 Å². The van der Waals surface area contributed by atoms with Crippen LogP contribution in [0.5, 0.6) is 5.75 Å². The predicted molar refractivity (Wildman–Crippen MR) is 162 cm³/mol. The van der Waals surface area contributed by atoms with Crippen molar-refractivity contribution in [2.75, 3.05) is 0 Å². The number of rotatable bonds is 11. The maximum absolute atomic E-state index is 15.2. The highest BCUT2D eigenvalue weighted by molar-refractivity contribution is 5.67. The fourth-order valence-electron chi connectivity index (χ4n) is 6.36. The summed E-state index contributed by atoms with van der Waals surface area (Å²) in [7, 11) is 0. The molecule has 1 saturated carbocycles. The molecule has 250 valence electrons. The van der Waals surface area contributed by atoms with E-state index in [1.165, 1.54) is 37.8 Å². The summed E-state index contributed by atoms with van der Waals surface area (Å²) < 4.78 is 134. The highest BCUT2D eigenvalue weighted by atomic mass is 19.3. The van der Waals surface area contributed by atoms with Crippen LogP contribution in [0.2, 0.25) is 0 Å². The number of benzene rings is 4. The van der Waals surface area contributed by atoms with E-state index < -0.39 is 58.5 Å². The zero-order valence-electron chi connectivity index (χ0n) is 25.5. The fourth-order valence-corrected chi connectivity index (χ4v) is 6.36. The van der Waals surface area contributed by atoms with Gasteiger partial charge in [-0.3, -0.25) is 0 Å². The number of halogens is 9. The van der Waals surface area contributed by atoms with E-state index in [9.17, 15) is 17.6 Å². The summed E-state index contributed by atoms with van der Waals surface area (Å²) in [6.45, 7) is 2.17. The minimum absolute atomic E-state index is 0.152. The molecule has 0 aromatic heterocycles. The van der Waals surface area contributed by atoms with E-state index >= 15 is 22.0 Å². The molecule has 0 spiro atoms. The third kappa shape index (κ3) is 7.79. The lowest BCUT2D eigenvalue weighted by atomic mass is 9.77. The molecule has 0 N–H and O–H groups in total. The normalized spacial score (nSPS) is 16.9. The van der Waals surface area contributed by atoms with Gasteiger partial charge in [-0.2, -0.15) is 8.78 Å². The fraction of sp³-hybridized carbons (Fsp3) is 0.351. The highest BCUT2D eigenvalue weighted by Crippen LogP contribution is 2.41. The van der Waals surface area contributed by atoms with Crippen LogP contribution in [0.25, 0.3) is 22.3 Å². The first kappa shape index (κ1) is 34.4. The monoisotopic (exact) mass is 664 g/mol. The second-order valence-corrected chi connectivity index (χ2v) is 12.1. The van der Waals surface area contributed by atoms with E-state index in [0.717, 1.165) is 55.5 Å². The van der Waals surface area contributed by atoms with Crippen molar-refractivity contribution in [3.63, 3.8) is 0 Å². The first-order chi connectivity index (χ1) is 22.4. The molecule has 0 heterocycles. The van der Waals surface area contributed by atoms with E-state index in [1.54, 1.807) is 6.07 Å². The van der Waals surface area contributed by atoms with Gasteiger partial charge < -0.3 is 4.74 Å². The van der Waals surface area contributed by atoms with Crippen molar-refractivity contribution in [1.82, 2.24) is 0 Å². The second kappa shape index (κ2) is 14.4. The third-order valence-electron chi connectivity index (χ3n) is 8.90. The molecule has 0 radical (unpaired) electrons. The lowest BCUT2D eigenvalue weighted by molar-refractivity contribution is -0.189. The van der Waals surface area contributed by atoms with E-state index in [0.29, 0.717) is 30.2 Å². The van der Waals surface area contributed by atoms with Crippen LogP contribution in [-0.2, 0) is 6.11 Å². The molecule has 0 atom stereocenters.